The van der Waals surface area contributed by atoms with Crippen molar-refractivity contribution in [3.05, 3.63) is 144 Å². The van der Waals surface area contributed by atoms with Crippen molar-refractivity contribution >= 4 is 23.9 Å². The maximum absolute atomic E-state index is 15.3. The Bertz CT molecular complexity index is 2200. The van der Waals surface area contributed by atoms with Crippen LogP contribution in [0.3, 0.4) is 0 Å². The summed E-state index contributed by atoms with van der Waals surface area (Å²) in [6, 6.07) is 20.8. The van der Waals surface area contributed by atoms with Crippen molar-refractivity contribution in [2.75, 3.05) is 0 Å². The molecular weight excluding hydrogens is 651 g/mol. The fraction of sp³-hybridized carbons (Fsp3) is 0.0952. The van der Waals surface area contributed by atoms with Gasteiger partial charge in [0.2, 0.25) is 0 Å². The molecule has 0 radical (unpaired) electrons. The van der Waals surface area contributed by atoms with Gasteiger partial charge >= 0.3 is 23.9 Å². The molecule has 8 nitrogen and oxygen atoms in total. The average molecular weight is 685 g/mol. The number of benzene rings is 4. The molecule has 0 amide bonds. The summed E-state index contributed by atoms with van der Waals surface area (Å²) in [4.78, 5) is 48.7. The molecule has 4 aromatic rings. The van der Waals surface area contributed by atoms with Crippen LogP contribution in [0.1, 0.15) is 38.8 Å². The standard InChI is InChI=1S/C42H33FO8/c1-24(2)39(44)48-35-19-17-32(22-37(35)50-41(46)26(5)6)29-12-9-28(10-13-29)11-14-30-15-16-31(21-34(30)43)33-18-20-36(49-40(45)25(3)4)38(23-33)51-42(47)27(7)8/h9-10,12-13,15-23H,1,3,5,7H2,2,4,6,8H3. The van der Waals surface area contributed by atoms with E-state index >= 15 is 4.39 Å². The van der Waals surface area contributed by atoms with E-state index < -0.39 is 29.7 Å². The summed E-state index contributed by atoms with van der Waals surface area (Å²) in [5.41, 5.74) is 3.73. The van der Waals surface area contributed by atoms with E-state index in [1.165, 1.54) is 58.0 Å². The van der Waals surface area contributed by atoms with Crippen LogP contribution in [-0.2, 0) is 19.2 Å². The van der Waals surface area contributed by atoms with Crippen LogP contribution < -0.4 is 18.9 Å². The second kappa shape index (κ2) is 16.1. The molecule has 0 aliphatic rings. The van der Waals surface area contributed by atoms with Crippen molar-refractivity contribution in [2.45, 2.75) is 27.7 Å². The second-order valence-electron chi connectivity index (χ2n) is 11.5. The average Bonchev–Trinajstić information content (AvgIpc) is 3.09. The molecule has 0 bridgehead atoms. The number of esters is 4. The minimum absolute atomic E-state index is 0.0110. The van der Waals surface area contributed by atoms with Gasteiger partial charge in [0.1, 0.15) is 5.82 Å². The van der Waals surface area contributed by atoms with E-state index in [1.54, 1.807) is 48.5 Å². The number of carbonyl (C=O) groups is 4. The first-order chi connectivity index (χ1) is 24.1. The fourth-order valence-corrected chi connectivity index (χ4v) is 4.13. The van der Waals surface area contributed by atoms with Crippen molar-refractivity contribution in [3.63, 3.8) is 0 Å². The predicted molar refractivity (Wildman–Crippen MR) is 191 cm³/mol. The molecule has 0 fully saturated rings. The van der Waals surface area contributed by atoms with Crippen molar-refractivity contribution in [1.82, 2.24) is 0 Å². The molecule has 0 aromatic heterocycles. The quantitative estimate of drug-likeness (QED) is 0.0709. The summed E-state index contributed by atoms with van der Waals surface area (Å²) < 4.78 is 36.7. The highest BCUT2D eigenvalue weighted by Crippen LogP contribution is 2.35. The van der Waals surface area contributed by atoms with Crippen LogP contribution in [0.5, 0.6) is 23.0 Å². The van der Waals surface area contributed by atoms with E-state index in [9.17, 15) is 19.2 Å². The number of halogens is 1. The normalized spacial score (nSPS) is 10.1. The molecule has 0 saturated heterocycles. The molecule has 0 aliphatic carbocycles. The summed E-state index contributed by atoms with van der Waals surface area (Å²) in [6.45, 7) is 20.2. The minimum atomic E-state index is -0.724. The van der Waals surface area contributed by atoms with E-state index in [4.69, 9.17) is 18.9 Å². The smallest absolute Gasteiger partial charge is 0.338 e. The van der Waals surface area contributed by atoms with E-state index in [0.29, 0.717) is 22.3 Å². The number of hydrogen-bond acceptors (Lipinski definition) is 8. The molecule has 0 heterocycles. The third-order valence-electron chi connectivity index (χ3n) is 6.95. The Morgan fingerprint density at radius 2 is 0.824 bits per heavy atom. The lowest BCUT2D eigenvalue weighted by Crippen LogP contribution is -2.12. The highest BCUT2D eigenvalue weighted by Gasteiger charge is 2.18. The molecule has 0 spiro atoms. The molecule has 256 valence electrons. The summed E-state index contributed by atoms with van der Waals surface area (Å²) in [6.07, 6.45) is 0. The number of hydrogen-bond donors (Lipinski definition) is 0. The molecule has 4 aromatic carbocycles. The first-order valence-corrected chi connectivity index (χ1v) is 15.3. The van der Waals surface area contributed by atoms with E-state index in [0.717, 1.165) is 5.56 Å². The maximum Gasteiger partial charge on any atom is 0.338 e. The molecule has 0 saturated carbocycles. The van der Waals surface area contributed by atoms with Gasteiger partial charge in [-0.15, -0.1) is 0 Å². The Hall–Kier alpha value is -6.79. The van der Waals surface area contributed by atoms with Gasteiger partial charge in [-0.1, -0.05) is 68.5 Å². The molecule has 0 aliphatic heterocycles. The minimum Gasteiger partial charge on any atom is -0.419 e. The maximum atomic E-state index is 15.3. The molecule has 0 atom stereocenters. The van der Waals surface area contributed by atoms with Crippen LogP contribution in [0.15, 0.2) is 127 Å². The highest BCUT2D eigenvalue weighted by molar-refractivity contribution is 5.92. The topological polar surface area (TPSA) is 105 Å². The van der Waals surface area contributed by atoms with Crippen molar-refractivity contribution in [2.24, 2.45) is 0 Å². The molecule has 0 unspecified atom stereocenters. The summed E-state index contributed by atoms with van der Waals surface area (Å²) in [5.74, 6) is 2.45. The van der Waals surface area contributed by atoms with Crippen LogP contribution in [0.25, 0.3) is 22.3 Å². The SMILES string of the molecule is C=C(C)C(=O)Oc1ccc(-c2ccc(C#Cc3ccc(-c4ccc(OC(=O)C(=C)C)c(OC(=O)C(=C)C)c4)cc3F)cc2)cc1OC(=O)C(=C)C. The van der Waals surface area contributed by atoms with Crippen LogP contribution in [0.4, 0.5) is 4.39 Å². The summed E-state index contributed by atoms with van der Waals surface area (Å²) >= 11 is 0. The van der Waals surface area contributed by atoms with Gasteiger partial charge in [-0.2, -0.15) is 0 Å². The zero-order valence-corrected chi connectivity index (χ0v) is 28.5. The van der Waals surface area contributed by atoms with E-state index in [1.807, 2.05) is 0 Å². The lowest BCUT2D eigenvalue weighted by atomic mass is 10.0. The van der Waals surface area contributed by atoms with Crippen LogP contribution >= 0.6 is 0 Å². The summed E-state index contributed by atoms with van der Waals surface area (Å²) in [5, 5.41) is 0. The third-order valence-corrected chi connectivity index (χ3v) is 6.95. The van der Waals surface area contributed by atoms with Crippen LogP contribution in [-0.4, -0.2) is 23.9 Å². The second-order valence-corrected chi connectivity index (χ2v) is 11.5. The molecule has 0 N–H and O–H groups in total. The lowest BCUT2D eigenvalue weighted by molar-refractivity contribution is -0.132. The van der Waals surface area contributed by atoms with Gasteiger partial charge in [-0.25, -0.2) is 23.6 Å². The Labute approximate surface area is 295 Å². The predicted octanol–water partition coefficient (Wildman–Crippen LogP) is 8.49. The van der Waals surface area contributed by atoms with Crippen LogP contribution in [0, 0.1) is 17.7 Å². The Morgan fingerprint density at radius 3 is 1.24 bits per heavy atom. The zero-order valence-electron chi connectivity index (χ0n) is 28.5. The first-order valence-electron chi connectivity index (χ1n) is 15.3. The Balaban J connectivity index is 1.57. The Kier molecular flexibility index (Phi) is 11.7. The van der Waals surface area contributed by atoms with Gasteiger partial charge in [0.05, 0.1) is 5.56 Å². The molecule has 9 heteroatoms. The van der Waals surface area contributed by atoms with Gasteiger partial charge in [0, 0.05) is 27.9 Å². The van der Waals surface area contributed by atoms with E-state index in [-0.39, 0.29) is 50.9 Å². The van der Waals surface area contributed by atoms with Gasteiger partial charge in [0.15, 0.2) is 23.0 Å². The van der Waals surface area contributed by atoms with Gasteiger partial charge < -0.3 is 18.9 Å². The van der Waals surface area contributed by atoms with Crippen LogP contribution in [0.2, 0.25) is 0 Å². The number of ether oxygens (including phenoxy) is 4. The van der Waals surface area contributed by atoms with Crippen molar-refractivity contribution < 1.29 is 42.5 Å². The largest absolute Gasteiger partial charge is 0.419 e. The Morgan fingerprint density at radius 1 is 0.471 bits per heavy atom. The molecule has 51 heavy (non-hydrogen) atoms. The monoisotopic (exact) mass is 684 g/mol. The fourth-order valence-electron chi connectivity index (χ4n) is 4.13. The third kappa shape index (κ3) is 9.65. The van der Waals surface area contributed by atoms with E-state index in [2.05, 4.69) is 38.2 Å². The molecule has 4 rings (SSSR count). The van der Waals surface area contributed by atoms with Crippen molar-refractivity contribution in [3.8, 4) is 57.1 Å². The molecular formula is C42H33FO8. The van der Waals surface area contributed by atoms with Gasteiger partial charge in [-0.05, 0) is 98.5 Å². The van der Waals surface area contributed by atoms with Crippen molar-refractivity contribution in [1.29, 1.82) is 0 Å². The highest BCUT2D eigenvalue weighted by atomic mass is 19.1. The zero-order chi connectivity index (χ0) is 37.4. The van der Waals surface area contributed by atoms with Gasteiger partial charge in [0.25, 0.3) is 0 Å². The lowest BCUT2D eigenvalue weighted by Gasteiger charge is -2.13. The first kappa shape index (κ1) is 37.0. The summed E-state index contributed by atoms with van der Waals surface area (Å²) in [7, 11) is 0. The van der Waals surface area contributed by atoms with Gasteiger partial charge in [-0.3, -0.25) is 0 Å². The number of carbonyl (C=O) groups excluding carboxylic acids is 4. The number of rotatable bonds is 10.